The molecule has 5 nitrogen and oxygen atoms in total. The summed E-state index contributed by atoms with van der Waals surface area (Å²) in [6.07, 6.45) is 0.917. The summed E-state index contributed by atoms with van der Waals surface area (Å²) in [6.45, 7) is 6.00. The van der Waals surface area contributed by atoms with Crippen LogP contribution in [0.4, 0.5) is 14.9 Å². The lowest BCUT2D eigenvalue weighted by Gasteiger charge is -2.32. The van der Waals surface area contributed by atoms with Gasteiger partial charge in [0.1, 0.15) is 5.82 Å². The molecule has 2 amide bonds. The largest absolute Gasteiger partial charge is 0.338 e. The summed E-state index contributed by atoms with van der Waals surface area (Å²) in [4.78, 5) is 16.4. The van der Waals surface area contributed by atoms with Gasteiger partial charge in [-0.3, -0.25) is 0 Å². The molecular weight excluding hydrogens is 271 g/mol. The van der Waals surface area contributed by atoms with E-state index in [-0.39, 0.29) is 11.8 Å². The van der Waals surface area contributed by atoms with Crippen LogP contribution in [0.1, 0.15) is 6.42 Å². The van der Waals surface area contributed by atoms with Crippen molar-refractivity contribution in [3.05, 3.63) is 30.1 Å². The minimum Gasteiger partial charge on any atom is -0.338 e. The van der Waals surface area contributed by atoms with E-state index >= 15 is 0 Å². The number of rotatable bonds is 5. The molecule has 0 aromatic heterocycles. The number of piperazine rings is 1. The maximum absolute atomic E-state index is 13.0. The number of benzene rings is 1. The lowest BCUT2D eigenvalue weighted by Crippen LogP contribution is -2.45. The Morgan fingerprint density at radius 2 is 2.05 bits per heavy atom. The smallest absolute Gasteiger partial charge is 0.319 e. The number of likely N-dealkylation sites (N-methyl/N-ethyl adjacent to an activating group) is 1. The second-order valence-electron chi connectivity index (χ2n) is 5.39. The first-order valence-corrected chi connectivity index (χ1v) is 7.35. The van der Waals surface area contributed by atoms with Gasteiger partial charge in [-0.05, 0) is 38.2 Å². The lowest BCUT2D eigenvalue weighted by atomic mass is 10.3. The number of nitrogens with zero attached hydrogens (tertiary/aromatic N) is 2. The Morgan fingerprint density at radius 3 is 2.76 bits per heavy atom. The maximum Gasteiger partial charge on any atom is 0.319 e. The van der Waals surface area contributed by atoms with Gasteiger partial charge in [-0.25, -0.2) is 9.18 Å². The average molecular weight is 294 g/mol. The van der Waals surface area contributed by atoms with Crippen LogP contribution in [0.15, 0.2) is 24.3 Å². The fourth-order valence-corrected chi connectivity index (χ4v) is 2.32. The van der Waals surface area contributed by atoms with Crippen LogP contribution in [0.25, 0.3) is 0 Å². The molecule has 2 rings (SSSR count). The molecule has 1 fully saturated rings. The van der Waals surface area contributed by atoms with Crippen LogP contribution in [-0.2, 0) is 0 Å². The van der Waals surface area contributed by atoms with Crippen LogP contribution >= 0.6 is 0 Å². The Morgan fingerprint density at radius 1 is 1.29 bits per heavy atom. The van der Waals surface area contributed by atoms with Gasteiger partial charge in [0.2, 0.25) is 0 Å². The highest BCUT2D eigenvalue weighted by atomic mass is 19.1. The third kappa shape index (κ3) is 5.69. The number of hydrogen-bond donors (Lipinski definition) is 2. The SMILES string of the molecule is CN1CCN(CCCNC(=O)Nc2cccc(F)c2)CC1. The summed E-state index contributed by atoms with van der Waals surface area (Å²) in [5.74, 6) is -0.358. The topological polar surface area (TPSA) is 47.6 Å². The number of urea groups is 1. The Balaban J connectivity index is 1.59. The van der Waals surface area contributed by atoms with Crippen molar-refractivity contribution in [3.63, 3.8) is 0 Å². The Kier molecular flexibility index (Phi) is 5.95. The van der Waals surface area contributed by atoms with E-state index in [0.717, 1.165) is 39.1 Å². The van der Waals surface area contributed by atoms with Crippen molar-refractivity contribution in [1.82, 2.24) is 15.1 Å². The monoisotopic (exact) mass is 294 g/mol. The molecule has 6 heteroatoms. The molecule has 1 aliphatic heterocycles. The summed E-state index contributed by atoms with van der Waals surface area (Å²) < 4.78 is 13.0. The molecule has 116 valence electrons. The molecule has 1 aromatic carbocycles. The minimum atomic E-state index is -0.358. The Bertz CT molecular complexity index is 461. The Labute approximate surface area is 125 Å². The van der Waals surface area contributed by atoms with E-state index in [1.54, 1.807) is 12.1 Å². The van der Waals surface area contributed by atoms with Gasteiger partial charge in [0, 0.05) is 38.4 Å². The molecule has 0 aliphatic carbocycles. The van der Waals surface area contributed by atoms with Crippen LogP contribution < -0.4 is 10.6 Å². The second kappa shape index (κ2) is 7.95. The first-order chi connectivity index (χ1) is 10.1. The highest BCUT2D eigenvalue weighted by Gasteiger charge is 2.12. The molecule has 1 aliphatic rings. The highest BCUT2D eigenvalue weighted by Crippen LogP contribution is 2.08. The number of carbonyl (C=O) groups excluding carboxylic acids is 1. The van der Waals surface area contributed by atoms with Gasteiger partial charge in [0.05, 0.1) is 0 Å². The second-order valence-corrected chi connectivity index (χ2v) is 5.39. The first kappa shape index (κ1) is 15.7. The van der Waals surface area contributed by atoms with E-state index in [4.69, 9.17) is 0 Å². The standard InChI is InChI=1S/C15H23FN4O/c1-19-8-10-20(11-9-19)7-3-6-17-15(21)18-14-5-2-4-13(16)12-14/h2,4-5,12H,3,6-11H2,1H3,(H2,17,18,21). The van der Waals surface area contributed by atoms with Crippen molar-refractivity contribution >= 4 is 11.7 Å². The summed E-state index contributed by atoms with van der Waals surface area (Å²) >= 11 is 0. The molecule has 0 radical (unpaired) electrons. The summed E-state index contributed by atoms with van der Waals surface area (Å²) in [5.41, 5.74) is 0.464. The van der Waals surface area contributed by atoms with Gasteiger partial charge in [-0.1, -0.05) is 6.07 Å². The molecule has 1 saturated heterocycles. The van der Waals surface area contributed by atoms with E-state index in [9.17, 15) is 9.18 Å². The van der Waals surface area contributed by atoms with Gasteiger partial charge in [0.25, 0.3) is 0 Å². The van der Waals surface area contributed by atoms with Crippen LogP contribution in [0, 0.1) is 5.82 Å². The van der Waals surface area contributed by atoms with Crippen LogP contribution in [-0.4, -0.2) is 62.1 Å². The number of carbonyl (C=O) groups is 1. The van der Waals surface area contributed by atoms with Gasteiger partial charge >= 0.3 is 6.03 Å². The van der Waals surface area contributed by atoms with Gasteiger partial charge in [-0.2, -0.15) is 0 Å². The van der Waals surface area contributed by atoms with E-state index in [1.807, 2.05) is 0 Å². The quantitative estimate of drug-likeness (QED) is 0.811. The van der Waals surface area contributed by atoms with E-state index < -0.39 is 0 Å². The molecule has 0 atom stereocenters. The molecular formula is C15H23FN4O. The number of anilines is 1. The van der Waals surface area contributed by atoms with Crippen molar-refractivity contribution in [2.24, 2.45) is 0 Å². The molecule has 0 spiro atoms. The molecule has 2 N–H and O–H groups in total. The molecule has 0 unspecified atom stereocenters. The fourth-order valence-electron chi connectivity index (χ4n) is 2.32. The maximum atomic E-state index is 13.0. The van der Waals surface area contributed by atoms with Gasteiger partial charge < -0.3 is 20.4 Å². The van der Waals surface area contributed by atoms with E-state index in [0.29, 0.717) is 12.2 Å². The zero-order valence-electron chi connectivity index (χ0n) is 12.4. The van der Waals surface area contributed by atoms with E-state index in [1.165, 1.54) is 12.1 Å². The molecule has 0 bridgehead atoms. The number of nitrogens with one attached hydrogen (secondary N) is 2. The van der Waals surface area contributed by atoms with Crippen molar-refractivity contribution in [1.29, 1.82) is 0 Å². The zero-order chi connectivity index (χ0) is 15.1. The van der Waals surface area contributed by atoms with Crippen molar-refractivity contribution in [2.45, 2.75) is 6.42 Å². The van der Waals surface area contributed by atoms with Crippen molar-refractivity contribution in [2.75, 3.05) is 51.6 Å². The van der Waals surface area contributed by atoms with Crippen molar-refractivity contribution in [3.8, 4) is 0 Å². The number of halogens is 1. The molecule has 21 heavy (non-hydrogen) atoms. The molecule has 1 aromatic rings. The zero-order valence-corrected chi connectivity index (χ0v) is 12.4. The Hall–Kier alpha value is -1.66. The lowest BCUT2D eigenvalue weighted by molar-refractivity contribution is 0.153. The number of hydrogen-bond acceptors (Lipinski definition) is 3. The normalized spacial score (nSPS) is 16.7. The highest BCUT2D eigenvalue weighted by molar-refractivity contribution is 5.89. The van der Waals surface area contributed by atoms with Crippen LogP contribution in [0.3, 0.4) is 0 Å². The summed E-state index contributed by atoms with van der Waals surface area (Å²) in [7, 11) is 2.13. The third-order valence-corrected chi connectivity index (χ3v) is 3.62. The predicted octanol–water partition coefficient (Wildman–Crippen LogP) is 1.58. The number of amides is 2. The van der Waals surface area contributed by atoms with Crippen LogP contribution in [0.5, 0.6) is 0 Å². The fraction of sp³-hybridized carbons (Fsp3) is 0.533. The van der Waals surface area contributed by atoms with Gasteiger partial charge in [-0.15, -0.1) is 0 Å². The molecule has 1 heterocycles. The van der Waals surface area contributed by atoms with Crippen LogP contribution in [0.2, 0.25) is 0 Å². The first-order valence-electron chi connectivity index (χ1n) is 7.35. The third-order valence-electron chi connectivity index (χ3n) is 3.62. The average Bonchev–Trinajstić information content (AvgIpc) is 2.45. The predicted molar refractivity (Wildman–Crippen MR) is 82.0 cm³/mol. The summed E-state index contributed by atoms with van der Waals surface area (Å²) in [6, 6.07) is 5.58. The van der Waals surface area contributed by atoms with Gasteiger partial charge in [0.15, 0.2) is 0 Å². The minimum absolute atomic E-state index is 0.293. The molecule has 0 saturated carbocycles. The van der Waals surface area contributed by atoms with E-state index in [2.05, 4.69) is 27.5 Å². The summed E-state index contributed by atoms with van der Waals surface area (Å²) in [5, 5.41) is 5.41. The van der Waals surface area contributed by atoms with Crippen molar-refractivity contribution < 1.29 is 9.18 Å².